The second kappa shape index (κ2) is 8.97. The predicted molar refractivity (Wildman–Crippen MR) is 97.2 cm³/mol. The van der Waals surface area contributed by atoms with Crippen LogP contribution in [-0.2, 0) is 17.5 Å². The Labute approximate surface area is 161 Å². The van der Waals surface area contributed by atoms with Crippen molar-refractivity contribution in [3.05, 3.63) is 59.7 Å². The van der Waals surface area contributed by atoms with Crippen LogP contribution in [0.5, 0.6) is 11.5 Å². The third-order valence-corrected chi connectivity index (χ3v) is 4.25. The monoisotopic (exact) mass is 394 g/mol. The van der Waals surface area contributed by atoms with Gasteiger partial charge in [-0.3, -0.25) is 9.69 Å². The summed E-state index contributed by atoms with van der Waals surface area (Å²) in [7, 11) is 0. The number of fused-ring (bicyclic) bond motifs is 1. The lowest BCUT2D eigenvalue weighted by Crippen LogP contribution is -2.39. The first-order valence-electron chi connectivity index (χ1n) is 8.91. The SMILES string of the molecule is O=C(CN1CCOc2ccccc2C1)NCCOc1cccc(C(F)(F)F)c1. The number of alkyl halides is 3. The fourth-order valence-corrected chi connectivity index (χ4v) is 2.90. The number of ether oxygens (including phenoxy) is 2. The molecule has 8 heteroatoms. The number of nitrogens with zero attached hydrogens (tertiary/aromatic N) is 1. The lowest BCUT2D eigenvalue weighted by atomic mass is 10.2. The van der Waals surface area contributed by atoms with E-state index in [4.69, 9.17) is 9.47 Å². The molecule has 1 aliphatic heterocycles. The molecule has 5 nitrogen and oxygen atoms in total. The van der Waals surface area contributed by atoms with E-state index in [1.54, 1.807) is 0 Å². The number of nitrogens with one attached hydrogen (secondary N) is 1. The van der Waals surface area contributed by atoms with Crippen LogP contribution < -0.4 is 14.8 Å². The summed E-state index contributed by atoms with van der Waals surface area (Å²) >= 11 is 0. The molecule has 0 bridgehead atoms. The van der Waals surface area contributed by atoms with Crippen LogP contribution in [-0.4, -0.2) is 43.7 Å². The van der Waals surface area contributed by atoms with Crippen LogP contribution in [0.4, 0.5) is 13.2 Å². The van der Waals surface area contributed by atoms with Crippen molar-refractivity contribution in [1.29, 1.82) is 0 Å². The van der Waals surface area contributed by atoms with Gasteiger partial charge in [-0.2, -0.15) is 13.2 Å². The first-order valence-corrected chi connectivity index (χ1v) is 8.91. The summed E-state index contributed by atoms with van der Waals surface area (Å²) in [6.07, 6.45) is -4.41. The van der Waals surface area contributed by atoms with Crippen molar-refractivity contribution < 1.29 is 27.4 Å². The van der Waals surface area contributed by atoms with Gasteiger partial charge in [-0.05, 0) is 24.3 Å². The Balaban J connectivity index is 1.42. The van der Waals surface area contributed by atoms with Gasteiger partial charge in [-0.25, -0.2) is 0 Å². The van der Waals surface area contributed by atoms with Crippen molar-refractivity contribution >= 4 is 5.91 Å². The van der Waals surface area contributed by atoms with E-state index in [1.165, 1.54) is 12.1 Å². The summed E-state index contributed by atoms with van der Waals surface area (Å²) in [6.45, 7) is 2.24. The topological polar surface area (TPSA) is 50.8 Å². The Morgan fingerprint density at radius 2 is 2.00 bits per heavy atom. The van der Waals surface area contributed by atoms with Gasteiger partial charge in [0.15, 0.2) is 0 Å². The highest BCUT2D eigenvalue weighted by Gasteiger charge is 2.30. The molecule has 0 unspecified atom stereocenters. The molecule has 1 aliphatic rings. The van der Waals surface area contributed by atoms with Crippen LogP contribution in [0, 0.1) is 0 Å². The van der Waals surface area contributed by atoms with Crippen molar-refractivity contribution in [2.24, 2.45) is 0 Å². The molecule has 150 valence electrons. The molecule has 3 rings (SSSR count). The zero-order valence-electron chi connectivity index (χ0n) is 15.2. The number of carbonyl (C=O) groups is 1. The van der Waals surface area contributed by atoms with Crippen LogP contribution >= 0.6 is 0 Å². The predicted octanol–water partition coefficient (Wildman–Crippen LogP) is 3.10. The van der Waals surface area contributed by atoms with Gasteiger partial charge in [0.1, 0.15) is 24.7 Å². The van der Waals surface area contributed by atoms with E-state index >= 15 is 0 Å². The van der Waals surface area contributed by atoms with Gasteiger partial charge in [0.05, 0.1) is 18.7 Å². The first-order chi connectivity index (χ1) is 13.4. The summed E-state index contributed by atoms with van der Waals surface area (Å²) in [5.41, 5.74) is 0.262. The summed E-state index contributed by atoms with van der Waals surface area (Å²) in [6, 6.07) is 12.4. The number of rotatable bonds is 6. The number of hydrogen-bond donors (Lipinski definition) is 1. The quantitative estimate of drug-likeness (QED) is 0.765. The van der Waals surface area contributed by atoms with Gasteiger partial charge in [0.2, 0.25) is 5.91 Å². The number of carbonyl (C=O) groups excluding carboxylic acids is 1. The minimum Gasteiger partial charge on any atom is -0.492 e. The molecule has 28 heavy (non-hydrogen) atoms. The molecule has 0 fully saturated rings. The molecule has 1 heterocycles. The molecule has 1 N–H and O–H groups in total. The van der Waals surface area contributed by atoms with Crippen LogP contribution in [0.15, 0.2) is 48.5 Å². The lowest BCUT2D eigenvalue weighted by molar-refractivity contribution is -0.137. The van der Waals surface area contributed by atoms with Gasteiger partial charge < -0.3 is 14.8 Å². The van der Waals surface area contributed by atoms with Crippen molar-refractivity contribution in [2.45, 2.75) is 12.7 Å². The van der Waals surface area contributed by atoms with E-state index < -0.39 is 11.7 Å². The summed E-state index contributed by atoms with van der Waals surface area (Å²) in [5.74, 6) is 0.775. The molecule has 0 spiro atoms. The van der Waals surface area contributed by atoms with Gasteiger partial charge in [-0.15, -0.1) is 0 Å². The van der Waals surface area contributed by atoms with Gasteiger partial charge in [0.25, 0.3) is 0 Å². The van der Waals surface area contributed by atoms with E-state index in [2.05, 4.69) is 5.32 Å². The normalized spacial score (nSPS) is 14.5. The van der Waals surface area contributed by atoms with Crippen LogP contribution in [0.2, 0.25) is 0 Å². The van der Waals surface area contributed by atoms with Crippen LogP contribution in [0.3, 0.4) is 0 Å². The maximum Gasteiger partial charge on any atom is 0.416 e. The maximum absolute atomic E-state index is 12.7. The molecule has 0 atom stereocenters. The van der Waals surface area contributed by atoms with E-state index in [1.807, 2.05) is 29.2 Å². The van der Waals surface area contributed by atoms with E-state index in [-0.39, 0.29) is 31.4 Å². The second-order valence-corrected chi connectivity index (χ2v) is 6.39. The Bertz CT molecular complexity index is 811. The van der Waals surface area contributed by atoms with Crippen molar-refractivity contribution in [2.75, 3.05) is 32.8 Å². The zero-order chi connectivity index (χ0) is 20.0. The Hall–Kier alpha value is -2.74. The average Bonchev–Trinajstić information content (AvgIpc) is 2.86. The Kier molecular flexibility index (Phi) is 6.41. The molecule has 2 aromatic rings. The molecule has 0 saturated carbocycles. The third-order valence-electron chi connectivity index (χ3n) is 4.25. The van der Waals surface area contributed by atoms with Crippen molar-refractivity contribution in [3.63, 3.8) is 0 Å². The second-order valence-electron chi connectivity index (χ2n) is 6.39. The number of para-hydroxylation sites is 1. The summed E-state index contributed by atoms with van der Waals surface area (Å²) < 4.78 is 49.0. The highest BCUT2D eigenvalue weighted by molar-refractivity contribution is 5.78. The molecule has 1 amide bonds. The van der Waals surface area contributed by atoms with E-state index in [9.17, 15) is 18.0 Å². The Morgan fingerprint density at radius 3 is 2.82 bits per heavy atom. The molecular weight excluding hydrogens is 373 g/mol. The zero-order valence-corrected chi connectivity index (χ0v) is 15.2. The number of hydrogen-bond acceptors (Lipinski definition) is 4. The smallest absolute Gasteiger partial charge is 0.416 e. The molecular formula is C20H21F3N2O3. The molecule has 0 radical (unpaired) electrons. The van der Waals surface area contributed by atoms with Crippen molar-refractivity contribution in [3.8, 4) is 11.5 Å². The van der Waals surface area contributed by atoms with E-state index in [0.29, 0.717) is 19.7 Å². The third kappa shape index (κ3) is 5.63. The number of amides is 1. The Morgan fingerprint density at radius 1 is 1.18 bits per heavy atom. The average molecular weight is 394 g/mol. The molecule has 2 aromatic carbocycles. The molecule has 0 aromatic heterocycles. The highest BCUT2D eigenvalue weighted by Crippen LogP contribution is 2.31. The van der Waals surface area contributed by atoms with Gasteiger partial charge in [-0.1, -0.05) is 24.3 Å². The van der Waals surface area contributed by atoms with Crippen LogP contribution in [0.25, 0.3) is 0 Å². The number of halogens is 3. The standard InChI is InChI=1S/C20H21F3N2O3/c21-20(22,23)16-5-3-6-17(12-16)27-10-8-24-19(26)14-25-9-11-28-18-7-2-1-4-15(18)13-25/h1-7,12H,8-11,13-14H2,(H,24,26). The largest absolute Gasteiger partial charge is 0.492 e. The minimum absolute atomic E-state index is 0.0823. The first kappa shape index (κ1) is 20.0. The number of benzene rings is 2. The fourth-order valence-electron chi connectivity index (χ4n) is 2.90. The van der Waals surface area contributed by atoms with Crippen LogP contribution in [0.1, 0.15) is 11.1 Å². The molecule has 0 aliphatic carbocycles. The lowest BCUT2D eigenvalue weighted by Gasteiger charge is -2.18. The maximum atomic E-state index is 12.7. The fraction of sp³-hybridized carbons (Fsp3) is 0.350. The van der Waals surface area contributed by atoms with E-state index in [0.717, 1.165) is 23.4 Å². The van der Waals surface area contributed by atoms with Crippen molar-refractivity contribution in [1.82, 2.24) is 10.2 Å². The summed E-state index contributed by atoms with van der Waals surface area (Å²) in [5, 5.41) is 2.72. The molecule has 0 saturated heterocycles. The van der Waals surface area contributed by atoms with Gasteiger partial charge in [0, 0.05) is 18.7 Å². The highest BCUT2D eigenvalue weighted by atomic mass is 19.4. The minimum atomic E-state index is -4.41. The van der Waals surface area contributed by atoms with Gasteiger partial charge >= 0.3 is 6.18 Å². The summed E-state index contributed by atoms with van der Waals surface area (Å²) in [4.78, 5) is 14.1.